The lowest BCUT2D eigenvalue weighted by atomic mass is 9.89. The van der Waals surface area contributed by atoms with Crippen LogP contribution >= 0.6 is 0 Å². The summed E-state index contributed by atoms with van der Waals surface area (Å²) in [7, 11) is 1.56. The van der Waals surface area contributed by atoms with Crippen LogP contribution in [0.5, 0.6) is 5.75 Å². The van der Waals surface area contributed by atoms with Gasteiger partial charge in [0.05, 0.1) is 31.6 Å². The second-order valence-electron chi connectivity index (χ2n) is 21.8. The van der Waals surface area contributed by atoms with Crippen LogP contribution < -0.4 is 20.7 Å². The zero-order valence-corrected chi connectivity index (χ0v) is 46.8. The minimum absolute atomic E-state index is 0.0423. The Balaban J connectivity index is 0.00000279. The summed E-state index contributed by atoms with van der Waals surface area (Å²) >= 11 is 0. The Morgan fingerprint density at radius 1 is 0.787 bits per heavy atom. The van der Waals surface area contributed by atoms with Crippen molar-refractivity contribution in [3.63, 3.8) is 0 Å². The lowest BCUT2D eigenvalue weighted by Gasteiger charge is -2.33. The molecule has 2 aliphatic heterocycles. The van der Waals surface area contributed by atoms with Gasteiger partial charge in [0.15, 0.2) is 6.10 Å². The highest BCUT2D eigenvalue weighted by Gasteiger charge is 2.41. The molecular weight excluding hydrogens is 965 g/mol. The molecule has 0 aliphatic carbocycles. The summed E-state index contributed by atoms with van der Waals surface area (Å²) in [4.78, 5) is 97.6. The van der Waals surface area contributed by atoms with Gasteiger partial charge in [0, 0.05) is 19.8 Å². The second-order valence-corrected chi connectivity index (χ2v) is 21.8. The number of likely N-dealkylation sites (tertiary alicyclic amines) is 1. The van der Waals surface area contributed by atoms with Gasteiger partial charge in [-0.2, -0.15) is 0 Å². The molecule has 0 unspecified atom stereocenters. The summed E-state index contributed by atoms with van der Waals surface area (Å²) in [6, 6.07) is 12.1. The first-order valence-electron chi connectivity index (χ1n) is 26.7. The predicted octanol–water partition coefficient (Wildman–Crippen LogP) is 7.25. The molecule has 420 valence electrons. The molecule has 2 aromatic rings. The minimum Gasteiger partial charge on any atom is -0.497 e. The number of aliphatic hydroxyl groups excluding tert-OH is 1. The van der Waals surface area contributed by atoms with E-state index in [4.69, 9.17) is 28.4 Å². The van der Waals surface area contributed by atoms with Crippen LogP contribution in [0.25, 0.3) is 0 Å². The Hall–Kier alpha value is -5.75. The first-order chi connectivity index (χ1) is 35.3. The van der Waals surface area contributed by atoms with E-state index in [1.165, 1.54) is 24.7 Å². The van der Waals surface area contributed by atoms with Crippen LogP contribution in [0, 0.1) is 29.6 Å². The first kappa shape index (κ1) is 63.5. The van der Waals surface area contributed by atoms with Gasteiger partial charge in [-0.05, 0) is 113 Å². The molecule has 0 saturated carbocycles. The molecule has 0 aromatic heterocycles. The van der Waals surface area contributed by atoms with E-state index < -0.39 is 114 Å². The number of aliphatic hydroxyl groups is 1. The van der Waals surface area contributed by atoms with Gasteiger partial charge >= 0.3 is 24.0 Å². The number of carbonyl (C=O) groups excluding carboxylic acids is 7. The zero-order valence-electron chi connectivity index (χ0n) is 46.8. The quantitative estimate of drug-likeness (QED) is 0.0567. The van der Waals surface area contributed by atoms with Crippen LogP contribution in [0.1, 0.15) is 139 Å². The SMILES string of the molecule is C1CCOC1.CC[C@H](C)[C@@H](NC(=O)[C@@H](NC(=O)OC(C)(C)C)[C@@H](C)OC(=O)[C@H](Cc1ccc(OC)cc1)C(C)C)[C@@H](O)CC(=O)O[C@H](C(=O)N[C@@H](CC(C)C)C(=O)N1CCC[C@H]1C(=O)OCc1ccccc1)C(C)C. The predicted molar refractivity (Wildman–Crippen MR) is 283 cm³/mol. The lowest BCUT2D eigenvalue weighted by molar-refractivity contribution is -0.162. The van der Waals surface area contributed by atoms with Crippen LogP contribution in [0.4, 0.5) is 4.79 Å². The maximum absolute atomic E-state index is 14.3. The van der Waals surface area contributed by atoms with Crippen LogP contribution in [0.3, 0.4) is 0 Å². The summed E-state index contributed by atoms with van der Waals surface area (Å²) in [5.41, 5.74) is 0.737. The van der Waals surface area contributed by atoms with Crippen LogP contribution in [0.15, 0.2) is 54.6 Å². The third-order valence-electron chi connectivity index (χ3n) is 13.1. The van der Waals surface area contributed by atoms with E-state index in [2.05, 4.69) is 16.0 Å². The normalized spacial score (nSPS) is 17.7. The molecule has 18 nitrogen and oxygen atoms in total. The van der Waals surface area contributed by atoms with Gasteiger partial charge < -0.3 is 54.4 Å². The molecular formula is C57H88N4O14. The van der Waals surface area contributed by atoms with Crippen molar-refractivity contribution >= 4 is 41.7 Å². The number of alkyl carbamates (subject to hydrolysis) is 1. The second kappa shape index (κ2) is 31.3. The number of hydrogen-bond donors (Lipinski definition) is 4. The van der Waals surface area contributed by atoms with Gasteiger partial charge in [-0.15, -0.1) is 0 Å². The number of nitrogens with zero attached hydrogens (tertiary/aromatic N) is 1. The molecule has 2 heterocycles. The molecule has 75 heavy (non-hydrogen) atoms. The van der Waals surface area contributed by atoms with Crippen molar-refractivity contribution in [2.45, 2.75) is 189 Å². The summed E-state index contributed by atoms with van der Waals surface area (Å²) in [5.74, 6) is -5.21. The van der Waals surface area contributed by atoms with Gasteiger partial charge in [-0.25, -0.2) is 9.59 Å². The van der Waals surface area contributed by atoms with Crippen molar-refractivity contribution in [1.29, 1.82) is 0 Å². The average molecular weight is 1050 g/mol. The Morgan fingerprint density at radius 3 is 1.96 bits per heavy atom. The van der Waals surface area contributed by atoms with Crippen molar-refractivity contribution in [2.24, 2.45) is 29.6 Å². The third kappa shape index (κ3) is 21.8. The van der Waals surface area contributed by atoms with E-state index in [1.54, 1.807) is 60.8 Å². The number of carbonyl (C=O) groups is 7. The summed E-state index contributed by atoms with van der Waals surface area (Å²) in [6.07, 6.45) is -1.17. The fourth-order valence-electron chi connectivity index (χ4n) is 8.64. The Morgan fingerprint density at radius 2 is 1.43 bits per heavy atom. The van der Waals surface area contributed by atoms with E-state index in [9.17, 15) is 38.7 Å². The lowest BCUT2D eigenvalue weighted by Crippen LogP contribution is -2.59. The summed E-state index contributed by atoms with van der Waals surface area (Å²) in [6.45, 7) is 23.3. The van der Waals surface area contributed by atoms with Crippen molar-refractivity contribution in [2.75, 3.05) is 26.9 Å². The molecule has 2 fully saturated rings. The Kier molecular flexibility index (Phi) is 26.5. The largest absolute Gasteiger partial charge is 0.497 e. The van der Waals surface area contributed by atoms with Gasteiger partial charge in [-0.3, -0.25) is 24.0 Å². The summed E-state index contributed by atoms with van der Waals surface area (Å²) in [5, 5.41) is 19.7. The minimum atomic E-state index is -1.54. The maximum atomic E-state index is 14.3. The molecule has 4 rings (SSSR count). The van der Waals surface area contributed by atoms with E-state index in [1.807, 2.05) is 77.1 Å². The van der Waals surface area contributed by atoms with E-state index in [-0.39, 0.29) is 24.9 Å². The van der Waals surface area contributed by atoms with Gasteiger partial charge in [0.2, 0.25) is 11.8 Å². The number of amides is 4. The highest BCUT2D eigenvalue weighted by atomic mass is 16.6. The topological polar surface area (TPSA) is 234 Å². The number of ether oxygens (including phenoxy) is 6. The molecule has 18 heteroatoms. The highest BCUT2D eigenvalue weighted by Crippen LogP contribution is 2.25. The maximum Gasteiger partial charge on any atom is 0.408 e. The van der Waals surface area contributed by atoms with Crippen LogP contribution in [-0.2, 0) is 65.5 Å². The fraction of sp³-hybridized carbons (Fsp3) is 0.667. The van der Waals surface area contributed by atoms with Gasteiger partial charge in [-0.1, -0.05) is 104 Å². The molecule has 4 N–H and O–H groups in total. The first-order valence-corrected chi connectivity index (χ1v) is 26.7. The molecule has 9 atom stereocenters. The number of hydrogen-bond acceptors (Lipinski definition) is 14. The number of methoxy groups -OCH3 is 1. The zero-order chi connectivity index (χ0) is 56.0. The Labute approximate surface area is 445 Å². The van der Waals surface area contributed by atoms with Gasteiger partial charge in [0.25, 0.3) is 5.91 Å². The molecule has 2 aromatic carbocycles. The number of nitrogens with one attached hydrogen (secondary N) is 3. The molecule has 0 spiro atoms. The smallest absolute Gasteiger partial charge is 0.408 e. The third-order valence-corrected chi connectivity index (χ3v) is 13.1. The average Bonchev–Trinajstić information content (AvgIpc) is 4.11. The molecule has 0 bridgehead atoms. The van der Waals surface area contributed by atoms with E-state index in [0.29, 0.717) is 38.0 Å². The van der Waals surface area contributed by atoms with Crippen molar-refractivity contribution in [1.82, 2.24) is 20.9 Å². The molecule has 4 amide bonds. The summed E-state index contributed by atoms with van der Waals surface area (Å²) < 4.78 is 32.9. The highest BCUT2D eigenvalue weighted by molar-refractivity contribution is 5.93. The van der Waals surface area contributed by atoms with E-state index in [0.717, 1.165) is 24.3 Å². The monoisotopic (exact) mass is 1050 g/mol. The Bertz CT molecular complexity index is 2100. The fourth-order valence-corrected chi connectivity index (χ4v) is 8.64. The molecule has 2 aliphatic rings. The molecule has 0 radical (unpaired) electrons. The van der Waals surface area contributed by atoms with Crippen molar-refractivity contribution in [3.8, 4) is 5.75 Å². The number of benzene rings is 2. The van der Waals surface area contributed by atoms with Crippen LogP contribution in [0.2, 0.25) is 0 Å². The van der Waals surface area contributed by atoms with Crippen LogP contribution in [-0.4, -0.2) is 127 Å². The van der Waals surface area contributed by atoms with Gasteiger partial charge in [0.1, 0.15) is 42.2 Å². The van der Waals surface area contributed by atoms with E-state index >= 15 is 0 Å². The number of esters is 3. The van der Waals surface area contributed by atoms with Crippen molar-refractivity contribution < 1.29 is 67.1 Å². The van der Waals surface area contributed by atoms with Crippen molar-refractivity contribution in [3.05, 3.63) is 65.7 Å². The number of rotatable bonds is 25. The standard InChI is InChI=1S/C53H80N4O13.C4H8O/c1-14-34(8)44(55-47(60)45(56-52(65)70-53(10,11)12)35(9)68-50(63)39(32(4)5)28-36-22-24-38(66-13)25-23-36)42(58)29-43(59)69-46(33(6)7)48(61)54-40(27-31(2)3)49(62)57-26-18-21-41(57)51(64)67-30-37-19-16-15-17-20-37;1-2-4-5-3-1/h15-17,19-20,22-25,31-35,39-42,44-46,58H,14,18,21,26-30H2,1-13H3,(H,54,61)(H,55,60)(H,56,65);1-4H2/t34-,35+,39+,40-,41-,42-,44+,45-,46-;/m0./s1. The molecule has 2 saturated heterocycles.